The molecule has 0 saturated carbocycles. The number of anilines is 1. The van der Waals surface area contributed by atoms with Crippen molar-refractivity contribution in [2.45, 2.75) is 6.92 Å². The van der Waals surface area contributed by atoms with Crippen molar-refractivity contribution < 1.29 is 19.4 Å². The largest absolute Gasteiger partial charge is 0.355 e. The van der Waals surface area contributed by atoms with E-state index in [1.165, 1.54) is 17.9 Å². The second-order valence-corrected chi connectivity index (χ2v) is 6.22. The Bertz CT molecular complexity index is 651. The van der Waals surface area contributed by atoms with Gasteiger partial charge in [0.2, 0.25) is 0 Å². The highest BCUT2D eigenvalue weighted by Gasteiger charge is 2.27. The average molecular weight is 335 g/mol. The number of nitro groups is 1. The predicted molar refractivity (Wildman–Crippen MR) is 89.6 cm³/mol. The summed E-state index contributed by atoms with van der Waals surface area (Å²) >= 11 is 0. The number of hydrogen-bond acceptors (Lipinski definition) is 5. The number of piperazine rings is 1. The molecule has 1 saturated heterocycles. The molecule has 1 heterocycles. The zero-order valence-electron chi connectivity index (χ0n) is 14.2. The van der Waals surface area contributed by atoms with Gasteiger partial charge < -0.3 is 14.7 Å². The summed E-state index contributed by atoms with van der Waals surface area (Å²) < 4.78 is 0. The second kappa shape index (κ2) is 7.39. The van der Waals surface area contributed by atoms with E-state index < -0.39 is 4.92 Å². The molecule has 1 aromatic rings. The summed E-state index contributed by atoms with van der Waals surface area (Å²) in [7, 11) is 3.47. The number of carbonyl (C=O) groups excluding carboxylic acids is 2. The van der Waals surface area contributed by atoms with Gasteiger partial charge in [0.1, 0.15) is 5.69 Å². The number of quaternary nitrogens is 1. The molecule has 0 atom stereocenters. The molecule has 1 amide bonds. The van der Waals surface area contributed by atoms with E-state index in [9.17, 15) is 19.7 Å². The van der Waals surface area contributed by atoms with E-state index in [0.29, 0.717) is 30.9 Å². The van der Waals surface area contributed by atoms with Crippen LogP contribution in [0.25, 0.3) is 0 Å². The molecule has 1 N–H and O–H groups in total. The van der Waals surface area contributed by atoms with Crippen molar-refractivity contribution in [3.63, 3.8) is 0 Å². The summed E-state index contributed by atoms with van der Waals surface area (Å²) in [4.78, 5) is 38.8. The summed E-state index contributed by atoms with van der Waals surface area (Å²) in [6.07, 6.45) is 0. The summed E-state index contributed by atoms with van der Waals surface area (Å²) in [5, 5.41) is 11.3. The molecule has 1 fully saturated rings. The van der Waals surface area contributed by atoms with E-state index in [-0.39, 0.29) is 17.4 Å². The number of nitrogens with one attached hydrogen (secondary N) is 1. The Morgan fingerprint density at radius 2 is 1.92 bits per heavy atom. The van der Waals surface area contributed by atoms with E-state index in [4.69, 9.17) is 0 Å². The third-order valence-electron chi connectivity index (χ3n) is 4.29. The molecular formula is C16H23N4O4+. The highest BCUT2D eigenvalue weighted by molar-refractivity contribution is 5.95. The second-order valence-electron chi connectivity index (χ2n) is 6.22. The van der Waals surface area contributed by atoms with Gasteiger partial charge in [0.25, 0.3) is 11.6 Å². The number of Topliss-reactive ketones (excluding diaryl/α,β-unsaturated/α-hetero) is 1. The van der Waals surface area contributed by atoms with Crippen molar-refractivity contribution in [1.29, 1.82) is 0 Å². The number of likely N-dealkylation sites (N-methyl/N-ethyl adjacent to an activating group) is 1. The SMILES string of the molecule is CC(=O)c1ccc(N2CC[NH+](CC(=O)N(C)C)CC2)c([N+](=O)[O-])c1. The fourth-order valence-corrected chi connectivity index (χ4v) is 2.77. The lowest BCUT2D eigenvalue weighted by Gasteiger charge is -2.33. The lowest BCUT2D eigenvalue weighted by molar-refractivity contribution is -0.892. The van der Waals surface area contributed by atoms with Gasteiger partial charge in [-0.3, -0.25) is 19.7 Å². The Morgan fingerprint density at radius 1 is 1.29 bits per heavy atom. The number of benzene rings is 1. The molecule has 2 rings (SSSR count). The van der Waals surface area contributed by atoms with Crippen LogP contribution in [-0.2, 0) is 4.79 Å². The van der Waals surface area contributed by atoms with E-state index in [0.717, 1.165) is 13.1 Å². The number of ketones is 1. The molecule has 0 bridgehead atoms. The van der Waals surface area contributed by atoms with Crippen LogP contribution in [0.5, 0.6) is 0 Å². The highest BCUT2D eigenvalue weighted by Crippen LogP contribution is 2.29. The van der Waals surface area contributed by atoms with Gasteiger partial charge in [-0.15, -0.1) is 0 Å². The third-order valence-corrected chi connectivity index (χ3v) is 4.29. The van der Waals surface area contributed by atoms with Crippen molar-refractivity contribution in [2.75, 3.05) is 51.7 Å². The Hall–Kier alpha value is -2.48. The maximum atomic E-state index is 11.8. The fraction of sp³-hybridized carbons (Fsp3) is 0.500. The minimum Gasteiger partial charge on any atom is -0.355 e. The molecule has 0 spiro atoms. The maximum Gasteiger partial charge on any atom is 0.293 e. The van der Waals surface area contributed by atoms with Gasteiger partial charge in [-0.2, -0.15) is 0 Å². The third kappa shape index (κ3) is 4.08. The lowest BCUT2D eigenvalue weighted by Crippen LogP contribution is -3.15. The Balaban J connectivity index is 2.10. The van der Waals surface area contributed by atoms with Crippen molar-refractivity contribution in [1.82, 2.24) is 4.90 Å². The predicted octanol–water partition coefficient (Wildman–Crippen LogP) is -0.409. The van der Waals surface area contributed by atoms with Gasteiger partial charge in [0, 0.05) is 25.7 Å². The van der Waals surface area contributed by atoms with Crippen molar-refractivity contribution in [3.8, 4) is 0 Å². The quantitative estimate of drug-likeness (QED) is 0.449. The maximum absolute atomic E-state index is 11.8. The van der Waals surface area contributed by atoms with Gasteiger partial charge in [-0.05, 0) is 19.1 Å². The molecule has 8 nitrogen and oxygen atoms in total. The molecule has 0 aromatic heterocycles. The fourth-order valence-electron chi connectivity index (χ4n) is 2.77. The van der Waals surface area contributed by atoms with E-state index >= 15 is 0 Å². The van der Waals surface area contributed by atoms with Gasteiger partial charge in [-0.1, -0.05) is 0 Å². The standard InChI is InChI=1S/C16H22N4O4/c1-12(21)13-4-5-14(15(10-13)20(23)24)19-8-6-18(7-9-19)11-16(22)17(2)3/h4-5,10H,6-9,11H2,1-3H3/p+1. The van der Waals surface area contributed by atoms with Gasteiger partial charge >= 0.3 is 0 Å². The number of hydrogen-bond donors (Lipinski definition) is 1. The molecule has 1 aliphatic rings. The normalized spacial score (nSPS) is 15.2. The molecule has 1 aromatic carbocycles. The molecule has 0 radical (unpaired) electrons. The van der Waals surface area contributed by atoms with E-state index in [1.54, 1.807) is 31.1 Å². The van der Waals surface area contributed by atoms with E-state index in [1.807, 2.05) is 4.90 Å². The first kappa shape index (κ1) is 17.9. The van der Waals surface area contributed by atoms with Gasteiger partial charge in [0.05, 0.1) is 31.1 Å². The molecule has 0 aliphatic carbocycles. The van der Waals surface area contributed by atoms with Crippen LogP contribution >= 0.6 is 0 Å². The number of nitro benzene ring substituents is 1. The summed E-state index contributed by atoms with van der Waals surface area (Å²) in [6, 6.07) is 4.61. The monoisotopic (exact) mass is 335 g/mol. The van der Waals surface area contributed by atoms with Crippen LogP contribution in [0.4, 0.5) is 11.4 Å². The minimum atomic E-state index is -0.448. The van der Waals surface area contributed by atoms with Crippen LogP contribution in [0.15, 0.2) is 18.2 Å². The summed E-state index contributed by atoms with van der Waals surface area (Å²) in [5.41, 5.74) is 0.824. The number of amides is 1. The minimum absolute atomic E-state index is 0.0458. The van der Waals surface area contributed by atoms with Crippen LogP contribution in [0.1, 0.15) is 17.3 Å². The van der Waals surface area contributed by atoms with Crippen LogP contribution in [0.3, 0.4) is 0 Å². The summed E-state index contributed by atoms with van der Waals surface area (Å²) in [5.74, 6) is -0.114. The highest BCUT2D eigenvalue weighted by atomic mass is 16.6. The Kier molecular flexibility index (Phi) is 5.50. The molecule has 0 unspecified atom stereocenters. The number of nitrogens with zero attached hydrogens (tertiary/aromatic N) is 3. The van der Waals surface area contributed by atoms with Crippen LogP contribution in [-0.4, -0.2) is 68.3 Å². The van der Waals surface area contributed by atoms with Gasteiger partial charge in [0.15, 0.2) is 12.3 Å². The Labute approximate surface area is 140 Å². The molecule has 24 heavy (non-hydrogen) atoms. The first-order chi connectivity index (χ1) is 11.3. The molecule has 1 aliphatic heterocycles. The number of carbonyl (C=O) groups is 2. The first-order valence-electron chi connectivity index (χ1n) is 7.87. The number of rotatable bonds is 5. The van der Waals surface area contributed by atoms with Gasteiger partial charge in [-0.25, -0.2) is 0 Å². The topological polar surface area (TPSA) is 88.2 Å². The molecule has 8 heteroatoms. The zero-order valence-corrected chi connectivity index (χ0v) is 14.2. The average Bonchev–Trinajstić information content (AvgIpc) is 2.54. The van der Waals surface area contributed by atoms with Crippen molar-refractivity contribution in [2.24, 2.45) is 0 Å². The van der Waals surface area contributed by atoms with Crippen LogP contribution in [0.2, 0.25) is 0 Å². The van der Waals surface area contributed by atoms with Crippen molar-refractivity contribution in [3.05, 3.63) is 33.9 Å². The molecule has 130 valence electrons. The first-order valence-corrected chi connectivity index (χ1v) is 7.87. The smallest absolute Gasteiger partial charge is 0.293 e. The van der Waals surface area contributed by atoms with Crippen LogP contribution in [0, 0.1) is 10.1 Å². The summed E-state index contributed by atoms with van der Waals surface area (Å²) in [6.45, 7) is 4.58. The van der Waals surface area contributed by atoms with E-state index in [2.05, 4.69) is 0 Å². The zero-order chi connectivity index (χ0) is 17.9. The Morgan fingerprint density at radius 3 is 2.42 bits per heavy atom. The van der Waals surface area contributed by atoms with Crippen LogP contribution < -0.4 is 9.80 Å². The molecular weight excluding hydrogens is 312 g/mol. The lowest BCUT2D eigenvalue weighted by atomic mass is 10.1. The van der Waals surface area contributed by atoms with Crippen molar-refractivity contribution >= 4 is 23.1 Å².